The van der Waals surface area contributed by atoms with Gasteiger partial charge in [-0.1, -0.05) is 53.7 Å². The second-order valence-electron chi connectivity index (χ2n) is 6.17. The number of nitriles is 1. The zero-order valence-corrected chi connectivity index (χ0v) is 15.9. The van der Waals surface area contributed by atoms with Gasteiger partial charge in [0.15, 0.2) is 6.61 Å². The predicted molar refractivity (Wildman–Crippen MR) is 104 cm³/mol. The van der Waals surface area contributed by atoms with Crippen LogP contribution >= 0.6 is 11.8 Å². The molecule has 0 amide bonds. The van der Waals surface area contributed by atoms with Crippen LogP contribution in [0.4, 0.5) is 5.69 Å². The quantitative estimate of drug-likeness (QED) is 0.450. The lowest BCUT2D eigenvalue weighted by Gasteiger charge is -2.14. The van der Waals surface area contributed by atoms with Crippen molar-refractivity contribution >= 4 is 29.2 Å². The number of para-hydroxylation sites is 1. The molecule has 1 aliphatic heterocycles. The summed E-state index contributed by atoms with van der Waals surface area (Å²) in [6.07, 6.45) is 0.0894. The molecule has 0 fully saturated rings. The maximum absolute atomic E-state index is 12.5. The zero-order chi connectivity index (χ0) is 19.4. The van der Waals surface area contributed by atoms with E-state index in [2.05, 4.69) is 0 Å². The monoisotopic (exact) mass is 378 g/mol. The molecule has 0 unspecified atom stereocenters. The lowest BCUT2D eigenvalue weighted by atomic mass is 10.1. The van der Waals surface area contributed by atoms with Crippen molar-refractivity contribution in [1.29, 1.82) is 5.26 Å². The minimum Gasteiger partial charge on any atom is -0.457 e. The third kappa shape index (κ3) is 4.21. The second kappa shape index (κ2) is 8.11. The van der Waals surface area contributed by atoms with Crippen LogP contribution in [0, 0.1) is 18.3 Å². The van der Waals surface area contributed by atoms with E-state index in [0.29, 0.717) is 5.03 Å². The van der Waals surface area contributed by atoms with Crippen LogP contribution in [-0.2, 0) is 20.7 Å². The number of esters is 1. The van der Waals surface area contributed by atoms with Crippen molar-refractivity contribution in [3.8, 4) is 6.07 Å². The molecule has 27 heavy (non-hydrogen) atoms. The number of carbonyl (C=O) groups is 2. The molecule has 0 N–H and O–H groups in total. The van der Waals surface area contributed by atoms with E-state index in [-0.39, 0.29) is 12.0 Å². The third-order valence-electron chi connectivity index (χ3n) is 4.18. The van der Waals surface area contributed by atoms with Gasteiger partial charge in [-0.2, -0.15) is 5.26 Å². The average Bonchev–Trinajstić information content (AvgIpc) is 2.99. The minimum absolute atomic E-state index is 0.00170. The summed E-state index contributed by atoms with van der Waals surface area (Å²) in [4.78, 5) is 27.2. The largest absolute Gasteiger partial charge is 0.457 e. The van der Waals surface area contributed by atoms with Crippen LogP contribution in [0.15, 0.2) is 64.0 Å². The normalized spacial score (nSPS) is 14.3. The number of ether oxygens (including phenoxy) is 1. The van der Waals surface area contributed by atoms with Gasteiger partial charge >= 0.3 is 5.97 Å². The SMILES string of the molecule is Cc1ccc(CC(=O)OCC(=O)/C(C#N)=C2\Sc3ccccc3N2C)cc1. The molecule has 0 saturated carbocycles. The zero-order valence-electron chi connectivity index (χ0n) is 15.1. The van der Waals surface area contributed by atoms with E-state index in [1.54, 1.807) is 0 Å². The first-order valence-electron chi connectivity index (χ1n) is 8.39. The Balaban J connectivity index is 1.65. The van der Waals surface area contributed by atoms with E-state index in [1.807, 2.05) is 73.5 Å². The first-order chi connectivity index (χ1) is 13.0. The molecule has 2 aromatic rings. The lowest BCUT2D eigenvalue weighted by molar-refractivity contribution is -0.146. The third-order valence-corrected chi connectivity index (χ3v) is 5.41. The van der Waals surface area contributed by atoms with E-state index in [1.165, 1.54) is 11.8 Å². The fourth-order valence-electron chi connectivity index (χ4n) is 2.69. The Bertz CT molecular complexity index is 958. The molecule has 0 spiro atoms. The van der Waals surface area contributed by atoms with Gasteiger partial charge < -0.3 is 9.64 Å². The Hall–Kier alpha value is -3.04. The first kappa shape index (κ1) is 18.7. The van der Waals surface area contributed by atoms with Gasteiger partial charge in [0.2, 0.25) is 5.78 Å². The molecule has 0 saturated heterocycles. The fourth-order valence-corrected chi connectivity index (χ4v) is 3.85. The predicted octanol–water partition coefficient (Wildman–Crippen LogP) is 3.63. The summed E-state index contributed by atoms with van der Waals surface area (Å²) in [5.74, 6) is -0.998. The van der Waals surface area contributed by atoms with Crippen molar-refractivity contribution in [1.82, 2.24) is 0 Å². The molecule has 0 radical (unpaired) electrons. The van der Waals surface area contributed by atoms with Crippen molar-refractivity contribution in [3.05, 3.63) is 70.3 Å². The highest BCUT2D eigenvalue weighted by atomic mass is 32.2. The Morgan fingerprint density at radius 1 is 1.15 bits per heavy atom. The summed E-state index contributed by atoms with van der Waals surface area (Å²) in [7, 11) is 1.81. The Morgan fingerprint density at radius 2 is 1.85 bits per heavy atom. The molecule has 0 aliphatic carbocycles. The van der Waals surface area contributed by atoms with Crippen molar-refractivity contribution in [2.75, 3.05) is 18.6 Å². The van der Waals surface area contributed by atoms with Gasteiger partial charge in [-0.3, -0.25) is 9.59 Å². The van der Waals surface area contributed by atoms with Crippen LogP contribution in [0.5, 0.6) is 0 Å². The molecule has 0 atom stereocenters. The summed E-state index contributed by atoms with van der Waals surface area (Å²) in [6.45, 7) is 1.52. The number of fused-ring (bicyclic) bond motifs is 1. The molecular formula is C21H18N2O3S. The average molecular weight is 378 g/mol. The van der Waals surface area contributed by atoms with Crippen LogP contribution in [0.25, 0.3) is 0 Å². The molecule has 6 heteroatoms. The van der Waals surface area contributed by atoms with E-state index >= 15 is 0 Å². The summed E-state index contributed by atoms with van der Waals surface area (Å²) in [5, 5.41) is 10.0. The number of carbonyl (C=O) groups excluding carboxylic acids is 2. The van der Waals surface area contributed by atoms with Crippen molar-refractivity contribution in [3.63, 3.8) is 0 Å². The first-order valence-corrected chi connectivity index (χ1v) is 9.20. The maximum atomic E-state index is 12.5. The molecule has 1 heterocycles. The van der Waals surface area contributed by atoms with Crippen molar-refractivity contribution in [2.45, 2.75) is 18.2 Å². The molecule has 136 valence electrons. The molecule has 3 rings (SSSR count). The number of Topliss-reactive ketones (excluding diaryl/α,β-unsaturated/α-hetero) is 1. The number of anilines is 1. The standard InChI is InChI=1S/C21H18N2O3S/c1-14-7-9-15(10-8-14)11-20(25)26-13-18(24)16(12-22)21-23(2)17-5-3-4-6-19(17)27-21/h3-10H,11,13H2,1-2H3/b21-16-. The Morgan fingerprint density at radius 3 is 2.52 bits per heavy atom. The number of hydrogen-bond donors (Lipinski definition) is 0. The summed E-state index contributed by atoms with van der Waals surface area (Å²) >= 11 is 1.37. The van der Waals surface area contributed by atoms with E-state index in [9.17, 15) is 14.9 Å². The van der Waals surface area contributed by atoms with Gasteiger partial charge in [-0.05, 0) is 24.6 Å². The molecular weight excluding hydrogens is 360 g/mol. The van der Waals surface area contributed by atoms with Crippen LogP contribution in [-0.4, -0.2) is 25.4 Å². The number of nitrogens with zero attached hydrogens (tertiary/aromatic N) is 2. The Kier molecular flexibility index (Phi) is 5.63. The van der Waals surface area contributed by atoms with E-state index in [4.69, 9.17) is 4.74 Å². The summed E-state index contributed by atoms with van der Waals surface area (Å²) < 4.78 is 5.09. The van der Waals surface area contributed by atoms with Crippen molar-refractivity contribution in [2.24, 2.45) is 0 Å². The second-order valence-corrected chi connectivity index (χ2v) is 7.20. The molecule has 1 aliphatic rings. The molecule has 5 nitrogen and oxygen atoms in total. The van der Waals surface area contributed by atoms with Crippen LogP contribution in [0.2, 0.25) is 0 Å². The molecule has 0 bridgehead atoms. The van der Waals surface area contributed by atoms with Crippen LogP contribution in [0.1, 0.15) is 11.1 Å². The maximum Gasteiger partial charge on any atom is 0.310 e. The molecule has 2 aromatic carbocycles. The van der Waals surface area contributed by atoms with E-state index in [0.717, 1.165) is 21.7 Å². The number of hydrogen-bond acceptors (Lipinski definition) is 6. The highest BCUT2D eigenvalue weighted by Crippen LogP contribution is 2.46. The van der Waals surface area contributed by atoms with Gasteiger partial charge in [-0.25, -0.2) is 0 Å². The number of rotatable bonds is 5. The summed E-state index contributed by atoms with van der Waals surface area (Å²) in [6, 6.07) is 17.2. The van der Waals surface area contributed by atoms with Gasteiger partial charge in [0.1, 0.15) is 16.7 Å². The van der Waals surface area contributed by atoms with Gasteiger partial charge in [-0.15, -0.1) is 0 Å². The van der Waals surface area contributed by atoms with Gasteiger partial charge in [0.05, 0.1) is 12.1 Å². The van der Waals surface area contributed by atoms with Crippen LogP contribution < -0.4 is 4.90 Å². The highest BCUT2D eigenvalue weighted by Gasteiger charge is 2.28. The topological polar surface area (TPSA) is 70.4 Å². The minimum atomic E-state index is -0.503. The lowest BCUT2D eigenvalue weighted by Crippen LogP contribution is -2.20. The van der Waals surface area contributed by atoms with Crippen molar-refractivity contribution < 1.29 is 14.3 Å². The molecule has 0 aromatic heterocycles. The Labute approximate surface area is 162 Å². The highest BCUT2D eigenvalue weighted by molar-refractivity contribution is 8.03. The number of ketones is 1. The van der Waals surface area contributed by atoms with Crippen LogP contribution in [0.3, 0.4) is 0 Å². The van der Waals surface area contributed by atoms with Gasteiger partial charge in [0, 0.05) is 11.9 Å². The number of benzene rings is 2. The fraction of sp³-hybridized carbons (Fsp3) is 0.190. The summed E-state index contributed by atoms with van der Waals surface area (Å²) in [5.41, 5.74) is 2.86. The number of thioether (sulfide) groups is 1. The number of aryl methyl sites for hydroxylation is 1. The van der Waals surface area contributed by atoms with Gasteiger partial charge in [0.25, 0.3) is 0 Å². The van der Waals surface area contributed by atoms with E-state index < -0.39 is 18.4 Å². The smallest absolute Gasteiger partial charge is 0.310 e.